The summed E-state index contributed by atoms with van der Waals surface area (Å²) in [4.78, 5) is 14.8. The Balaban J connectivity index is 0.00000168. The van der Waals surface area contributed by atoms with Crippen molar-refractivity contribution in [2.24, 2.45) is 0 Å². The molecule has 0 radical (unpaired) electrons. The molecule has 6 heteroatoms. The van der Waals surface area contributed by atoms with Gasteiger partial charge in [0.25, 0.3) is 0 Å². The van der Waals surface area contributed by atoms with Crippen LogP contribution in [0.4, 0.5) is 0 Å². The summed E-state index contributed by atoms with van der Waals surface area (Å²) in [5.41, 5.74) is 5.20. The standard InChI is InChI=1S/C20H20N4O.ClH/c1-24-9-6-13(7-10-24)15-12-22-16-4-5-17-19(18(15)16)23-20(25-17)14-3-2-8-21-11-14;/h2-5,8,11-13,22H,6-7,9-10H2,1H3;1H. The monoisotopic (exact) mass is 368 g/mol. The molecule has 5 nitrogen and oxygen atoms in total. The van der Waals surface area contributed by atoms with E-state index in [2.05, 4.69) is 34.2 Å². The average molecular weight is 369 g/mol. The van der Waals surface area contributed by atoms with Crippen molar-refractivity contribution in [3.05, 3.63) is 48.4 Å². The van der Waals surface area contributed by atoms with Crippen LogP contribution in [0.1, 0.15) is 24.3 Å². The van der Waals surface area contributed by atoms with Gasteiger partial charge in [-0.15, -0.1) is 12.4 Å². The van der Waals surface area contributed by atoms with Gasteiger partial charge in [-0.2, -0.15) is 0 Å². The predicted octanol–water partition coefficient (Wildman–Crippen LogP) is 4.60. The van der Waals surface area contributed by atoms with Gasteiger partial charge in [0.05, 0.1) is 5.56 Å². The Morgan fingerprint density at radius 3 is 2.81 bits per heavy atom. The molecule has 1 fully saturated rings. The molecule has 0 bridgehead atoms. The van der Waals surface area contributed by atoms with Gasteiger partial charge in [0.1, 0.15) is 5.52 Å². The van der Waals surface area contributed by atoms with Crippen LogP contribution in [-0.4, -0.2) is 40.0 Å². The second-order valence-corrected chi connectivity index (χ2v) is 6.92. The molecular formula is C20H21ClN4O. The molecule has 1 aliphatic rings. The molecule has 26 heavy (non-hydrogen) atoms. The molecule has 4 aromatic rings. The summed E-state index contributed by atoms with van der Waals surface area (Å²) in [6.45, 7) is 2.29. The number of fused-ring (bicyclic) bond motifs is 3. The van der Waals surface area contributed by atoms with E-state index in [9.17, 15) is 0 Å². The number of aromatic nitrogens is 3. The molecule has 1 aliphatic heterocycles. The van der Waals surface area contributed by atoms with E-state index < -0.39 is 0 Å². The number of likely N-dealkylation sites (tertiary alicyclic amines) is 1. The summed E-state index contributed by atoms with van der Waals surface area (Å²) in [6, 6.07) is 7.97. The Kier molecular flexibility index (Phi) is 4.42. The summed E-state index contributed by atoms with van der Waals surface area (Å²) >= 11 is 0. The van der Waals surface area contributed by atoms with Crippen LogP contribution >= 0.6 is 12.4 Å². The van der Waals surface area contributed by atoms with Crippen LogP contribution in [-0.2, 0) is 0 Å². The Bertz CT molecular complexity index is 1030. The second kappa shape index (κ2) is 6.74. The fourth-order valence-corrected chi connectivity index (χ4v) is 3.89. The molecule has 1 saturated heterocycles. The molecule has 4 heterocycles. The zero-order valence-electron chi connectivity index (χ0n) is 14.6. The third-order valence-electron chi connectivity index (χ3n) is 5.30. The van der Waals surface area contributed by atoms with Gasteiger partial charge in [-0.05, 0) is 68.7 Å². The van der Waals surface area contributed by atoms with E-state index in [1.807, 2.05) is 18.2 Å². The first-order valence-corrected chi connectivity index (χ1v) is 8.79. The van der Waals surface area contributed by atoms with E-state index in [0.29, 0.717) is 11.8 Å². The number of benzene rings is 1. The van der Waals surface area contributed by atoms with Crippen molar-refractivity contribution in [3.8, 4) is 11.5 Å². The molecule has 0 atom stereocenters. The van der Waals surface area contributed by atoms with Crippen molar-refractivity contribution < 1.29 is 4.42 Å². The number of nitrogens with zero attached hydrogens (tertiary/aromatic N) is 3. The lowest BCUT2D eigenvalue weighted by molar-refractivity contribution is 0.256. The lowest BCUT2D eigenvalue weighted by atomic mass is 9.89. The van der Waals surface area contributed by atoms with Crippen molar-refractivity contribution >= 4 is 34.4 Å². The highest BCUT2D eigenvalue weighted by Crippen LogP contribution is 2.37. The predicted molar refractivity (Wildman–Crippen MR) is 106 cm³/mol. The van der Waals surface area contributed by atoms with E-state index in [-0.39, 0.29) is 12.4 Å². The molecule has 5 rings (SSSR count). The largest absolute Gasteiger partial charge is 0.436 e. The highest BCUT2D eigenvalue weighted by Gasteiger charge is 2.23. The van der Waals surface area contributed by atoms with Crippen LogP contribution in [0.25, 0.3) is 33.5 Å². The van der Waals surface area contributed by atoms with E-state index in [0.717, 1.165) is 35.3 Å². The topological polar surface area (TPSA) is 58.0 Å². The summed E-state index contributed by atoms with van der Waals surface area (Å²) in [7, 11) is 2.20. The first-order chi connectivity index (χ1) is 12.3. The molecule has 0 spiro atoms. The number of oxazole rings is 1. The number of rotatable bonds is 2. The fourth-order valence-electron chi connectivity index (χ4n) is 3.89. The number of hydrogen-bond donors (Lipinski definition) is 1. The highest BCUT2D eigenvalue weighted by atomic mass is 35.5. The maximum atomic E-state index is 6.02. The number of hydrogen-bond acceptors (Lipinski definition) is 4. The van der Waals surface area contributed by atoms with E-state index in [1.165, 1.54) is 23.8 Å². The van der Waals surface area contributed by atoms with Crippen molar-refractivity contribution in [1.82, 2.24) is 19.9 Å². The van der Waals surface area contributed by atoms with Gasteiger partial charge in [-0.25, -0.2) is 4.98 Å². The van der Waals surface area contributed by atoms with Gasteiger partial charge >= 0.3 is 0 Å². The van der Waals surface area contributed by atoms with E-state index >= 15 is 0 Å². The lowest BCUT2D eigenvalue weighted by Gasteiger charge is -2.28. The highest BCUT2D eigenvalue weighted by molar-refractivity contribution is 6.05. The third-order valence-corrected chi connectivity index (χ3v) is 5.30. The first-order valence-electron chi connectivity index (χ1n) is 8.79. The van der Waals surface area contributed by atoms with Gasteiger partial charge in [-0.1, -0.05) is 0 Å². The molecule has 1 aromatic carbocycles. The molecule has 0 amide bonds. The van der Waals surface area contributed by atoms with Gasteiger partial charge < -0.3 is 14.3 Å². The number of nitrogens with one attached hydrogen (secondary N) is 1. The smallest absolute Gasteiger partial charge is 0.228 e. The van der Waals surface area contributed by atoms with Gasteiger partial charge in [0.15, 0.2) is 5.58 Å². The lowest BCUT2D eigenvalue weighted by Crippen LogP contribution is -2.29. The number of H-pyrrole nitrogens is 1. The van der Waals surface area contributed by atoms with Gasteiger partial charge in [0, 0.05) is 29.5 Å². The molecule has 0 unspecified atom stereocenters. The van der Waals surface area contributed by atoms with Crippen molar-refractivity contribution in [1.29, 1.82) is 0 Å². The SMILES string of the molecule is CN1CCC(c2c[nH]c3ccc4oc(-c5cccnc5)nc4c23)CC1.Cl. The Morgan fingerprint density at radius 2 is 2.04 bits per heavy atom. The summed E-state index contributed by atoms with van der Waals surface area (Å²) in [6.07, 6.45) is 8.09. The van der Waals surface area contributed by atoms with Crippen molar-refractivity contribution in [2.75, 3.05) is 20.1 Å². The van der Waals surface area contributed by atoms with Crippen molar-refractivity contribution in [2.45, 2.75) is 18.8 Å². The molecule has 0 aliphatic carbocycles. The Labute approximate surface area is 157 Å². The van der Waals surface area contributed by atoms with Crippen LogP contribution < -0.4 is 0 Å². The van der Waals surface area contributed by atoms with Crippen LogP contribution in [0.5, 0.6) is 0 Å². The van der Waals surface area contributed by atoms with Crippen molar-refractivity contribution in [3.63, 3.8) is 0 Å². The Hall–Kier alpha value is -2.37. The molecule has 0 saturated carbocycles. The quantitative estimate of drug-likeness (QED) is 0.561. The van der Waals surface area contributed by atoms with Crippen LogP contribution in [0.3, 0.4) is 0 Å². The normalized spacial score (nSPS) is 16.2. The maximum absolute atomic E-state index is 6.02. The molecular weight excluding hydrogens is 348 g/mol. The van der Waals surface area contributed by atoms with Gasteiger partial charge in [0.2, 0.25) is 5.89 Å². The van der Waals surface area contributed by atoms with E-state index in [4.69, 9.17) is 9.40 Å². The zero-order chi connectivity index (χ0) is 16.8. The fraction of sp³-hybridized carbons (Fsp3) is 0.300. The average Bonchev–Trinajstić information content (AvgIpc) is 3.27. The van der Waals surface area contributed by atoms with E-state index in [1.54, 1.807) is 12.4 Å². The maximum Gasteiger partial charge on any atom is 0.228 e. The van der Waals surface area contributed by atoms with Crippen LogP contribution in [0.15, 0.2) is 47.3 Å². The molecule has 3 aromatic heterocycles. The van der Waals surface area contributed by atoms with Crippen LogP contribution in [0, 0.1) is 0 Å². The summed E-state index contributed by atoms with van der Waals surface area (Å²) in [5.74, 6) is 1.21. The minimum Gasteiger partial charge on any atom is -0.436 e. The second-order valence-electron chi connectivity index (χ2n) is 6.92. The molecule has 1 N–H and O–H groups in total. The number of halogens is 1. The third kappa shape index (κ3) is 2.77. The minimum absolute atomic E-state index is 0. The van der Waals surface area contributed by atoms with Gasteiger partial charge in [-0.3, -0.25) is 4.98 Å². The summed E-state index contributed by atoms with van der Waals surface area (Å²) in [5, 5.41) is 1.21. The summed E-state index contributed by atoms with van der Waals surface area (Å²) < 4.78 is 6.02. The molecule has 134 valence electrons. The Morgan fingerprint density at radius 1 is 1.19 bits per heavy atom. The number of pyridine rings is 1. The minimum atomic E-state index is 0. The zero-order valence-corrected chi connectivity index (χ0v) is 15.4. The number of piperidine rings is 1. The number of aromatic amines is 1. The first kappa shape index (κ1) is 17.1. The van der Waals surface area contributed by atoms with Crippen LogP contribution in [0.2, 0.25) is 0 Å².